The van der Waals surface area contributed by atoms with Crippen molar-refractivity contribution in [3.8, 4) is 5.95 Å². The molecule has 15 heavy (non-hydrogen) atoms. The van der Waals surface area contributed by atoms with Gasteiger partial charge >= 0.3 is 7.12 Å². The number of rotatable bonds is 2. The molecule has 0 saturated heterocycles. The molecule has 0 unspecified atom stereocenters. The summed E-state index contributed by atoms with van der Waals surface area (Å²) in [7, 11) is -1.68. The Kier molecular flexibility index (Phi) is 2.67. The average Bonchev–Trinajstić information content (AvgIpc) is 2.69. The molecule has 2 rings (SSSR count). The Labute approximate surface area is 90.3 Å². The van der Waals surface area contributed by atoms with Crippen LogP contribution in [0.1, 0.15) is 0 Å². The van der Waals surface area contributed by atoms with Crippen LogP contribution in [0.3, 0.4) is 0 Å². The highest BCUT2D eigenvalue weighted by Gasteiger charge is 2.16. The normalized spacial score (nSPS) is 10.3. The predicted molar refractivity (Wildman–Crippen MR) is 54.0 cm³/mol. The van der Waals surface area contributed by atoms with Crippen molar-refractivity contribution in [1.82, 2.24) is 19.7 Å². The molecule has 0 aliphatic carbocycles. The maximum Gasteiger partial charge on any atom is 0.508 e. The van der Waals surface area contributed by atoms with Gasteiger partial charge in [-0.15, -0.1) is 0 Å². The lowest BCUT2D eigenvalue weighted by molar-refractivity contribution is 0.424. The van der Waals surface area contributed by atoms with Gasteiger partial charge in [0.1, 0.15) is 5.15 Å². The van der Waals surface area contributed by atoms with E-state index < -0.39 is 7.12 Å². The molecular formula is C7H6BClN4O2. The van der Waals surface area contributed by atoms with E-state index in [0.29, 0.717) is 0 Å². The number of hydrogen-bond acceptors (Lipinski definition) is 5. The van der Waals surface area contributed by atoms with Gasteiger partial charge in [0.2, 0.25) is 0 Å². The summed E-state index contributed by atoms with van der Waals surface area (Å²) in [5, 5.41) is 21.9. The Balaban J connectivity index is 2.49. The minimum Gasteiger partial charge on any atom is -0.422 e. The first-order valence-electron chi connectivity index (χ1n) is 4.07. The van der Waals surface area contributed by atoms with Crippen LogP contribution >= 0.6 is 11.6 Å². The third-order valence-corrected chi connectivity index (χ3v) is 1.87. The molecule has 6 nitrogen and oxygen atoms in total. The summed E-state index contributed by atoms with van der Waals surface area (Å²) in [6.45, 7) is 0. The van der Waals surface area contributed by atoms with Crippen molar-refractivity contribution in [2.45, 2.75) is 0 Å². The van der Waals surface area contributed by atoms with Crippen molar-refractivity contribution in [2.24, 2.45) is 0 Å². The molecule has 0 bridgehead atoms. The fourth-order valence-corrected chi connectivity index (χ4v) is 1.23. The van der Waals surface area contributed by atoms with Gasteiger partial charge in [0, 0.05) is 12.4 Å². The molecule has 0 atom stereocenters. The molecule has 0 fully saturated rings. The first-order chi connectivity index (χ1) is 7.16. The summed E-state index contributed by atoms with van der Waals surface area (Å²) in [5.41, 5.74) is 0.0282. The molecule has 0 saturated carbocycles. The van der Waals surface area contributed by atoms with Crippen molar-refractivity contribution in [1.29, 1.82) is 0 Å². The van der Waals surface area contributed by atoms with Gasteiger partial charge in [-0.2, -0.15) is 10.1 Å². The first-order valence-corrected chi connectivity index (χ1v) is 4.45. The topological polar surface area (TPSA) is 84.1 Å². The summed E-state index contributed by atoms with van der Waals surface area (Å²) in [5.74, 6) is 0.190. The molecule has 0 aliphatic heterocycles. The molecule has 2 heterocycles. The van der Waals surface area contributed by atoms with E-state index in [1.165, 1.54) is 10.7 Å². The molecule has 76 valence electrons. The zero-order valence-electron chi connectivity index (χ0n) is 7.45. The Hall–Kier alpha value is -1.44. The van der Waals surface area contributed by atoms with Gasteiger partial charge < -0.3 is 10.0 Å². The SMILES string of the molecule is OB(O)c1cc(Cl)nc(-n2cccn2)n1. The lowest BCUT2D eigenvalue weighted by atomic mass is 9.86. The molecule has 0 spiro atoms. The van der Waals surface area contributed by atoms with E-state index in [1.54, 1.807) is 18.5 Å². The van der Waals surface area contributed by atoms with Crippen LogP contribution < -0.4 is 5.59 Å². The van der Waals surface area contributed by atoms with Crippen LogP contribution in [0.2, 0.25) is 5.15 Å². The van der Waals surface area contributed by atoms with Gasteiger partial charge in [0.15, 0.2) is 0 Å². The smallest absolute Gasteiger partial charge is 0.422 e. The highest BCUT2D eigenvalue weighted by molar-refractivity contribution is 6.57. The van der Waals surface area contributed by atoms with Gasteiger partial charge in [-0.05, 0) is 12.1 Å². The number of hydrogen-bond donors (Lipinski definition) is 2. The molecule has 0 amide bonds. The van der Waals surface area contributed by atoms with Crippen molar-refractivity contribution in [3.63, 3.8) is 0 Å². The fraction of sp³-hybridized carbons (Fsp3) is 0. The minimum absolute atomic E-state index is 0.0282. The van der Waals surface area contributed by atoms with E-state index in [-0.39, 0.29) is 16.7 Å². The largest absolute Gasteiger partial charge is 0.508 e. The van der Waals surface area contributed by atoms with Gasteiger partial charge in [-0.1, -0.05) is 11.6 Å². The van der Waals surface area contributed by atoms with E-state index in [2.05, 4.69) is 15.1 Å². The van der Waals surface area contributed by atoms with Crippen LogP contribution in [0, 0.1) is 0 Å². The quantitative estimate of drug-likeness (QED) is 0.505. The fourth-order valence-electron chi connectivity index (χ4n) is 1.04. The second-order valence-corrected chi connectivity index (χ2v) is 3.13. The molecule has 2 aromatic heterocycles. The van der Waals surface area contributed by atoms with E-state index in [0.717, 1.165) is 0 Å². The summed E-state index contributed by atoms with van der Waals surface area (Å²) < 4.78 is 1.37. The van der Waals surface area contributed by atoms with Crippen LogP contribution in [0.5, 0.6) is 0 Å². The highest BCUT2D eigenvalue weighted by Crippen LogP contribution is 2.04. The van der Waals surface area contributed by atoms with E-state index >= 15 is 0 Å². The molecule has 2 N–H and O–H groups in total. The van der Waals surface area contributed by atoms with Crippen molar-refractivity contribution in [2.75, 3.05) is 0 Å². The van der Waals surface area contributed by atoms with Crippen molar-refractivity contribution in [3.05, 3.63) is 29.7 Å². The monoisotopic (exact) mass is 224 g/mol. The lowest BCUT2D eigenvalue weighted by Gasteiger charge is -2.03. The second kappa shape index (κ2) is 3.97. The van der Waals surface area contributed by atoms with E-state index in [9.17, 15) is 0 Å². The average molecular weight is 224 g/mol. The Morgan fingerprint density at radius 2 is 2.13 bits per heavy atom. The maximum absolute atomic E-state index is 8.95. The molecule has 8 heteroatoms. The zero-order chi connectivity index (χ0) is 10.8. The first kappa shape index (κ1) is 10.1. The zero-order valence-corrected chi connectivity index (χ0v) is 8.20. The standard InChI is InChI=1S/C7H6BClN4O2/c9-6-4-5(8(14)15)11-7(12-6)13-3-1-2-10-13/h1-4,14-15H. The van der Waals surface area contributed by atoms with Gasteiger partial charge in [-0.3, -0.25) is 0 Å². The van der Waals surface area contributed by atoms with Crippen molar-refractivity contribution >= 4 is 24.3 Å². The number of halogens is 1. The summed E-state index contributed by atoms with van der Waals surface area (Å²) >= 11 is 5.70. The summed E-state index contributed by atoms with van der Waals surface area (Å²) in [6, 6.07) is 2.97. The number of aromatic nitrogens is 4. The van der Waals surface area contributed by atoms with Gasteiger partial charge in [0.05, 0.1) is 5.59 Å². The summed E-state index contributed by atoms with van der Waals surface area (Å²) in [6.07, 6.45) is 3.18. The van der Waals surface area contributed by atoms with Crippen LogP contribution in [0.15, 0.2) is 24.5 Å². The molecule has 0 aromatic carbocycles. The lowest BCUT2D eigenvalue weighted by Crippen LogP contribution is -2.34. The van der Waals surface area contributed by atoms with E-state index in [1.807, 2.05) is 0 Å². The summed E-state index contributed by atoms with van der Waals surface area (Å²) in [4.78, 5) is 7.77. The molecule has 0 aliphatic rings. The molecule has 2 aromatic rings. The van der Waals surface area contributed by atoms with Crippen LogP contribution in [-0.4, -0.2) is 36.9 Å². The second-order valence-electron chi connectivity index (χ2n) is 2.74. The van der Waals surface area contributed by atoms with Crippen molar-refractivity contribution < 1.29 is 10.0 Å². The highest BCUT2D eigenvalue weighted by atomic mass is 35.5. The number of nitrogens with zero attached hydrogens (tertiary/aromatic N) is 4. The Bertz CT molecular complexity index is 462. The van der Waals surface area contributed by atoms with Crippen LogP contribution in [0.4, 0.5) is 0 Å². The molecule has 0 radical (unpaired) electrons. The minimum atomic E-state index is -1.68. The Morgan fingerprint density at radius 1 is 1.33 bits per heavy atom. The maximum atomic E-state index is 8.95. The van der Waals surface area contributed by atoms with Crippen LogP contribution in [-0.2, 0) is 0 Å². The van der Waals surface area contributed by atoms with E-state index in [4.69, 9.17) is 21.6 Å². The third-order valence-electron chi connectivity index (χ3n) is 1.68. The van der Waals surface area contributed by atoms with Crippen LogP contribution in [0.25, 0.3) is 5.95 Å². The van der Waals surface area contributed by atoms with Gasteiger partial charge in [-0.25, -0.2) is 9.67 Å². The Morgan fingerprint density at radius 3 is 2.73 bits per heavy atom. The third kappa shape index (κ3) is 2.15. The molecular weight excluding hydrogens is 218 g/mol. The van der Waals surface area contributed by atoms with Gasteiger partial charge in [0.25, 0.3) is 5.95 Å². The predicted octanol–water partition coefficient (Wildman–Crippen LogP) is -1.00.